The predicted molar refractivity (Wildman–Crippen MR) is 134 cm³/mol. The van der Waals surface area contributed by atoms with Crippen molar-refractivity contribution in [3.8, 4) is 0 Å². The third-order valence-electron chi connectivity index (χ3n) is 5.33. The smallest absolute Gasteiger partial charge is 0.253 e. The van der Waals surface area contributed by atoms with Gasteiger partial charge in [0.25, 0.3) is 11.5 Å². The van der Waals surface area contributed by atoms with Gasteiger partial charge in [-0.05, 0) is 69.3 Å². The quantitative estimate of drug-likeness (QED) is 0.419. The molecular weight excluding hydrogens is 416 g/mol. The van der Waals surface area contributed by atoms with Crippen LogP contribution in [0.15, 0.2) is 88.3 Å². The highest BCUT2D eigenvalue weighted by molar-refractivity contribution is 5.98. The van der Waals surface area contributed by atoms with Crippen molar-refractivity contribution in [3.05, 3.63) is 106 Å². The highest BCUT2D eigenvalue weighted by atomic mass is 16.5. The third kappa shape index (κ3) is 6.17. The van der Waals surface area contributed by atoms with E-state index >= 15 is 0 Å². The summed E-state index contributed by atoms with van der Waals surface area (Å²) in [6, 6.07) is 1.88. The number of amides is 1. The first-order valence-electron chi connectivity index (χ1n) is 10.5. The summed E-state index contributed by atoms with van der Waals surface area (Å²) in [7, 11) is 0. The van der Waals surface area contributed by atoms with Crippen molar-refractivity contribution in [2.24, 2.45) is 4.99 Å². The Morgan fingerprint density at radius 1 is 1.36 bits per heavy atom. The first kappa shape index (κ1) is 25.5. The molecule has 0 spiro atoms. The van der Waals surface area contributed by atoms with Gasteiger partial charge in [-0.15, -0.1) is 0 Å². The zero-order valence-corrected chi connectivity index (χ0v) is 19.8. The molecule has 2 rings (SSSR count). The molecule has 1 aliphatic rings. The number of aryl methyl sites for hydroxylation is 2. The number of aromatic amines is 1. The van der Waals surface area contributed by atoms with Crippen LogP contribution < -0.4 is 10.9 Å². The van der Waals surface area contributed by atoms with Gasteiger partial charge in [-0.2, -0.15) is 0 Å². The number of allylic oxidation sites excluding steroid dienone is 1. The molecule has 1 aliphatic heterocycles. The molecule has 2 heterocycles. The maximum atomic E-state index is 13.1. The SMILES string of the molecule is C=CN1C(=C)C=C(C(=O)NCc2c(C)cc(C)[nH]c2=O)C(C)=C1C(C)OCC(=C)/C=C\N=C. The average molecular weight is 449 g/mol. The van der Waals surface area contributed by atoms with Crippen LogP contribution in [0, 0.1) is 13.8 Å². The second-order valence-corrected chi connectivity index (χ2v) is 7.85. The summed E-state index contributed by atoms with van der Waals surface area (Å²) >= 11 is 0. The van der Waals surface area contributed by atoms with Crippen LogP contribution in [-0.4, -0.2) is 35.2 Å². The van der Waals surface area contributed by atoms with E-state index in [1.807, 2.05) is 33.8 Å². The summed E-state index contributed by atoms with van der Waals surface area (Å²) in [4.78, 5) is 33.6. The fraction of sp³-hybridized carbons (Fsp3) is 0.269. The zero-order chi connectivity index (χ0) is 24.7. The Morgan fingerprint density at radius 3 is 2.67 bits per heavy atom. The van der Waals surface area contributed by atoms with Gasteiger partial charge in [-0.3, -0.25) is 14.6 Å². The van der Waals surface area contributed by atoms with Crippen molar-refractivity contribution in [3.63, 3.8) is 0 Å². The van der Waals surface area contributed by atoms with E-state index in [2.05, 4.69) is 41.7 Å². The number of ether oxygens (including phenoxy) is 1. The first-order valence-corrected chi connectivity index (χ1v) is 10.5. The molecule has 1 atom stereocenters. The monoisotopic (exact) mass is 448 g/mol. The van der Waals surface area contributed by atoms with Crippen LogP contribution in [0.25, 0.3) is 0 Å². The largest absolute Gasteiger partial charge is 0.368 e. The Bertz CT molecular complexity index is 1130. The van der Waals surface area contributed by atoms with Gasteiger partial charge in [0.2, 0.25) is 0 Å². The van der Waals surface area contributed by atoms with Gasteiger partial charge in [0, 0.05) is 41.5 Å². The fourth-order valence-electron chi connectivity index (χ4n) is 3.65. The van der Waals surface area contributed by atoms with Crippen LogP contribution in [0.1, 0.15) is 30.7 Å². The number of hydrogen-bond acceptors (Lipinski definition) is 5. The Kier molecular flexibility index (Phi) is 8.70. The fourth-order valence-corrected chi connectivity index (χ4v) is 3.65. The average Bonchev–Trinajstić information content (AvgIpc) is 2.75. The first-order chi connectivity index (χ1) is 15.6. The topological polar surface area (TPSA) is 86.8 Å². The second kappa shape index (κ2) is 11.2. The summed E-state index contributed by atoms with van der Waals surface area (Å²) in [5.41, 5.74) is 5.19. The van der Waals surface area contributed by atoms with Crippen molar-refractivity contribution in [1.29, 1.82) is 0 Å². The maximum absolute atomic E-state index is 13.1. The molecule has 0 aliphatic carbocycles. The van der Waals surface area contributed by atoms with Crippen LogP contribution in [0.4, 0.5) is 0 Å². The molecule has 33 heavy (non-hydrogen) atoms. The Morgan fingerprint density at radius 2 is 2.06 bits per heavy atom. The van der Waals surface area contributed by atoms with Gasteiger partial charge in [0.15, 0.2) is 0 Å². The van der Waals surface area contributed by atoms with Crippen LogP contribution in [0.5, 0.6) is 0 Å². The van der Waals surface area contributed by atoms with Crippen molar-refractivity contribution < 1.29 is 9.53 Å². The van der Waals surface area contributed by atoms with E-state index < -0.39 is 0 Å². The second-order valence-electron chi connectivity index (χ2n) is 7.85. The van der Waals surface area contributed by atoms with E-state index in [-0.39, 0.29) is 30.7 Å². The van der Waals surface area contributed by atoms with Crippen LogP contribution in [-0.2, 0) is 16.1 Å². The molecule has 174 valence electrons. The highest BCUT2D eigenvalue weighted by Crippen LogP contribution is 2.32. The van der Waals surface area contributed by atoms with Gasteiger partial charge < -0.3 is 19.9 Å². The molecule has 0 saturated carbocycles. The summed E-state index contributed by atoms with van der Waals surface area (Å²) in [6.07, 6.45) is 6.23. The minimum Gasteiger partial charge on any atom is -0.368 e. The minimum atomic E-state index is -0.375. The summed E-state index contributed by atoms with van der Waals surface area (Å²) in [5.74, 6) is -0.300. The number of nitrogens with zero attached hydrogens (tertiary/aromatic N) is 2. The number of carbonyl (C=O) groups excluding carboxylic acids is 1. The number of H-pyrrole nitrogens is 1. The zero-order valence-electron chi connectivity index (χ0n) is 19.8. The number of carbonyl (C=O) groups is 1. The molecule has 0 fully saturated rings. The lowest BCUT2D eigenvalue weighted by atomic mass is 9.96. The van der Waals surface area contributed by atoms with E-state index in [0.29, 0.717) is 16.8 Å². The van der Waals surface area contributed by atoms with Gasteiger partial charge in [0.1, 0.15) is 0 Å². The van der Waals surface area contributed by atoms with Crippen molar-refractivity contribution in [2.75, 3.05) is 6.61 Å². The minimum absolute atomic E-state index is 0.118. The van der Waals surface area contributed by atoms with Crippen LogP contribution >= 0.6 is 0 Å². The van der Waals surface area contributed by atoms with Crippen molar-refractivity contribution >= 4 is 12.6 Å². The van der Waals surface area contributed by atoms with Crippen molar-refractivity contribution in [2.45, 2.75) is 40.3 Å². The van der Waals surface area contributed by atoms with E-state index in [1.54, 1.807) is 29.5 Å². The Labute approximate surface area is 195 Å². The molecule has 2 N–H and O–H groups in total. The molecule has 7 heteroatoms. The lowest BCUT2D eigenvalue weighted by molar-refractivity contribution is -0.117. The van der Waals surface area contributed by atoms with Gasteiger partial charge in [-0.1, -0.05) is 19.7 Å². The molecule has 0 aromatic carbocycles. The number of pyridine rings is 1. The number of aliphatic imine (C=N–C) groups is 1. The molecule has 7 nitrogen and oxygen atoms in total. The van der Waals surface area contributed by atoms with E-state index in [9.17, 15) is 9.59 Å². The Balaban J connectivity index is 2.25. The van der Waals surface area contributed by atoms with E-state index in [0.717, 1.165) is 28.1 Å². The molecule has 1 aromatic heterocycles. The highest BCUT2D eigenvalue weighted by Gasteiger charge is 2.28. The standard InChI is InChI=1S/C26H32N4O3/c1-9-30-19(5)13-22(20(6)24(30)21(7)33-15-16(2)10-11-27-8)25(31)28-14-23-17(3)12-18(4)29-26(23)32/h9-13,21H,1-2,5,8,14-15H2,3-4,6-7H3,(H,28,31)(H,29,32)/b11-10-. The van der Waals surface area contributed by atoms with Gasteiger partial charge in [-0.25, -0.2) is 0 Å². The van der Waals surface area contributed by atoms with Gasteiger partial charge in [0.05, 0.1) is 18.4 Å². The summed E-state index contributed by atoms with van der Waals surface area (Å²) < 4.78 is 5.99. The third-order valence-corrected chi connectivity index (χ3v) is 5.33. The van der Waals surface area contributed by atoms with Crippen LogP contribution in [0.3, 0.4) is 0 Å². The summed E-state index contributed by atoms with van der Waals surface area (Å²) in [5, 5.41) is 2.86. The molecule has 1 amide bonds. The molecular formula is C26H32N4O3. The molecule has 0 radical (unpaired) electrons. The molecule has 0 bridgehead atoms. The Hall–Kier alpha value is -3.71. The number of hydrogen-bond donors (Lipinski definition) is 2. The number of nitrogens with one attached hydrogen (secondary N) is 2. The lowest BCUT2D eigenvalue weighted by Gasteiger charge is -2.34. The lowest BCUT2D eigenvalue weighted by Crippen LogP contribution is -2.34. The van der Waals surface area contributed by atoms with E-state index in [4.69, 9.17) is 4.74 Å². The molecule has 1 aromatic rings. The normalized spacial score (nSPS) is 14.8. The number of rotatable bonds is 10. The van der Waals surface area contributed by atoms with E-state index in [1.165, 1.54) is 0 Å². The van der Waals surface area contributed by atoms with Crippen molar-refractivity contribution in [1.82, 2.24) is 15.2 Å². The molecule has 0 saturated heterocycles. The summed E-state index contributed by atoms with van der Waals surface area (Å²) in [6.45, 7) is 23.1. The number of aromatic nitrogens is 1. The predicted octanol–water partition coefficient (Wildman–Crippen LogP) is 3.96. The molecule has 1 unspecified atom stereocenters. The van der Waals surface area contributed by atoms with Gasteiger partial charge >= 0.3 is 0 Å². The maximum Gasteiger partial charge on any atom is 0.253 e. The van der Waals surface area contributed by atoms with Crippen LogP contribution in [0.2, 0.25) is 0 Å².